The molecule has 0 spiro atoms. The number of nitrogen functional groups attached to an aromatic ring is 1. The van der Waals surface area contributed by atoms with Gasteiger partial charge in [0, 0.05) is 26.3 Å². The van der Waals surface area contributed by atoms with Gasteiger partial charge in [-0.05, 0) is 30.9 Å². The normalized spacial score (nSPS) is 15.4. The summed E-state index contributed by atoms with van der Waals surface area (Å²) in [6, 6.07) is 4.55. The molecule has 0 radical (unpaired) electrons. The summed E-state index contributed by atoms with van der Waals surface area (Å²) in [5.74, 6) is 1.20. The van der Waals surface area contributed by atoms with Crippen molar-refractivity contribution < 1.29 is 17.9 Å². The predicted octanol–water partition coefficient (Wildman–Crippen LogP) is 1.32. The zero-order valence-electron chi connectivity index (χ0n) is 12.4. The molecule has 1 aromatic rings. The average molecular weight is 314 g/mol. The average Bonchev–Trinajstić information content (AvgIpc) is 3.26. The molecular formula is C14H22N2O4S. The minimum Gasteiger partial charge on any atom is -0.497 e. The highest BCUT2D eigenvalue weighted by atomic mass is 32.2. The lowest BCUT2D eigenvalue weighted by atomic mass is 10.3. The maximum atomic E-state index is 12.4. The van der Waals surface area contributed by atoms with E-state index in [1.165, 1.54) is 43.4 Å². The van der Waals surface area contributed by atoms with Crippen LogP contribution in [0.1, 0.15) is 12.8 Å². The molecule has 1 aliphatic rings. The van der Waals surface area contributed by atoms with Gasteiger partial charge in [0.05, 0.1) is 19.4 Å². The summed E-state index contributed by atoms with van der Waals surface area (Å²) >= 11 is 0. The van der Waals surface area contributed by atoms with Crippen molar-refractivity contribution in [3.63, 3.8) is 0 Å². The van der Waals surface area contributed by atoms with Gasteiger partial charge in [-0.3, -0.25) is 0 Å². The third kappa shape index (κ3) is 4.09. The van der Waals surface area contributed by atoms with Crippen molar-refractivity contribution in [2.24, 2.45) is 5.92 Å². The fraction of sp³-hybridized carbons (Fsp3) is 0.571. The molecule has 1 fully saturated rings. The van der Waals surface area contributed by atoms with E-state index >= 15 is 0 Å². The summed E-state index contributed by atoms with van der Waals surface area (Å²) in [5, 5.41) is 0. The van der Waals surface area contributed by atoms with E-state index in [2.05, 4.69) is 0 Å². The quantitative estimate of drug-likeness (QED) is 0.578. The molecule has 2 N–H and O–H groups in total. The van der Waals surface area contributed by atoms with Gasteiger partial charge in [0.15, 0.2) is 0 Å². The Morgan fingerprint density at radius 1 is 1.38 bits per heavy atom. The minimum atomic E-state index is -3.61. The highest BCUT2D eigenvalue weighted by Crippen LogP contribution is 2.29. The molecule has 0 amide bonds. The molecule has 0 heterocycles. The fourth-order valence-corrected chi connectivity index (χ4v) is 3.15. The highest BCUT2D eigenvalue weighted by Gasteiger charge is 2.24. The summed E-state index contributed by atoms with van der Waals surface area (Å²) in [6.45, 7) is 1.42. The number of likely N-dealkylation sites (N-methyl/N-ethyl adjacent to an activating group) is 1. The standard InChI is InChI=1S/C14H22N2O4S/c1-16(7-8-20-10-11-3-4-11)21(17,18)14-6-5-12(19-2)9-13(14)15/h5-6,9,11H,3-4,7-8,10,15H2,1-2H3. The molecule has 21 heavy (non-hydrogen) atoms. The topological polar surface area (TPSA) is 81.9 Å². The number of nitrogens with two attached hydrogens (primary N) is 1. The Morgan fingerprint density at radius 2 is 2.10 bits per heavy atom. The molecule has 6 nitrogen and oxygen atoms in total. The summed E-state index contributed by atoms with van der Waals surface area (Å²) in [7, 11) is -0.573. The highest BCUT2D eigenvalue weighted by molar-refractivity contribution is 7.89. The number of methoxy groups -OCH3 is 1. The Bertz CT molecular complexity index is 585. The molecule has 1 aromatic carbocycles. The number of nitrogens with zero attached hydrogens (tertiary/aromatic N) is 1. The lowest BCUT2D eigenvalue weighted by molar-refractivity contribution is 0.117. The van der Waals surface area contributed by atoms with Gasteiger partial charge in [-0.2, -0.15) is 4.31 Å². The van der Waals surface area contributed by atoms with Crippen LogP contribution in [0.3, 0.4) is 0 Å². The third-order valence-corrected chi connectivity index (χ3v) is 5.44. The Kier molecular flexibility index (Phi) is 5.08. The molecule has 0 saturated heterocycles. The monoisotopic (exact) mass is 314 g/mol. The smallest absolute Gasteiger partial charge is 0.244 e. The van der Waals surface area contributed by atoms with Gasteiger partial charge < -0.3 is 15.2 Å². The van der Waals surface area contributed by atoms with Crippen molar-refractivity contribution in [3.8, 4) is 5.75 Å². The number of benzene rings is 1. The molecule has 118 valence electrons. The molecule has 0 unspecified atom stereocenters. The minimum absolute atomic E-state index is 0.0907. The van der Waals surface area contributed by atoms with E-state index in [-0.39, 0.29) is 10.6 Å². The van der Waals surface area contributed by atoms with E-state index in [0.717, 1.165) is 6.61 Å². The number of hydrogen-bond acceptors (Lipinski definition) is 5. The van der Waals surface area contributed by atoms with Crippen molar-refractivity contribution in [1.82, 2.24) is 4.31 Å². The molecule has 0 atom stereocenters. The lowest BCUT2D eigenvalue weighted by Crippen LogP contribution is -2.31. The number of rotatable bonds is 8. The van der Waals surface area contributed by atoms with Gasteiger partial charge in [0.2, 0.25) is 10.0 Å². The molecule has 1 aliphatic carbocycles. The molecular weight excluding hydrogens is 292 g/mol. The first-order valence-electron chi connectivity index (χ1n) is 6.92. The van der Waals surface area contributed by atoms with E-state index in [1.807, 2.05) is 0 Å². The molecule has 0 aromatic heterocycles. The Balaban J connectivity index is 1.98. The first kappa shape index (κ1) is 16.1. The number of hydrogen-bond donors (Lipinski definition) is 1. The maximum absolute atomic E-state index is 12.4. The van der Waals surface area contributed by atoms with Crippen LogP contribution >= 0.6 is 0 Å². The van der Waals surface area contributed by atoms with Crippen LogP contribution in [0.5, 0.6) is 5.75 Å². The van der Waals surface area contributed by atoms with E-state index in [1.54, 1.807) is 6.07 Å². The molecule has 1 saturated carbocycles. The second-order valence-electron chi connectivity index (χ2n) is 5.25. The second-order valence-corrected chi connectivity index (χ2v) is 7.26. The summed E-state index contributed by atoms with van der Waals surface area (Å²) in [6.07, 6.45) is 2.44. The van der Waals surface area contributed by atoms with Crippen molar-refractivity contribution in [3.05, 3.63) is 18.2 Å². The Labute approximate surface area is 125 Å². The van der Waals surface area contributed by atoms with Crippen molar-refractivity contribution in [1.29, 1.82) is 0 Å². The number of ether oxygens (including phenoxy) is 2. The Morgan fingerprint density at radius 3 is 2.67 bits per heavy atom. The van der Waals surface area contributed by atoms with Gasteiger partial charge >= 0.3 is 0 Å². The SMILES string of the molecule is COc1ccc(S(=O)(=O)N(C)CCOCC2CC2)c(N)c1. The molecule has 7 heteroatoms. The first-order valence-corrected chi connectivity index (χ1v) is 8.36. The van der Waals surface area contributed by atoms with Gasteiger partial charge in [-0.25, -0.2) is 8.42 Å². The van der Waals surface area contributed by atoms with E-state index in [9.17, 15) is 8.42 Å². The zero-order chi connectivity index (χ0) is 15.5. The van der Waals surface area contributed by atoms with Crippen LogP contribution in [0.2, 0.25) is 0 Å². The van der Waals surface area contributed by atoms with Crippen molar-refractivity contribution >= 4 is 15.7 Å². The predicted molar refractivity (Wildman–Crippen MR) is 80.8 cm³/mol. The number of anilines is 1. The van der Waals surface area contributed by atoms with E-state index < -0.39 is 10.0 Å². The van der Waals surface area contributed by atoms with Crippen LogP contribution in [0.4, 0.5) is 5.69 Å². The van der Waals surface area contributed by atoms with Crippen molar-refractivity contribution in [2.75, 3.05) is 39.6 Å². The maximum Gasteiger partial charge on any atom is 0.244 e. The van der Waals surface area contributed by atoms with Crippen molar-refractivity contribution in [2.45, 2.75) is 17.7 Å². The van der Waals surface area contributed by atoms with E-state index in [4.69, 9.17) is 15.2 Å². The first-order chi connectivity index (χ1) is 9.95. The molecule has 2 rings (SSSR count). The van der Waals surface area contributed by atoms with E-state index in [0.29, 0.717) is 24.8 Å². The van der Waals surface area contributed by atoms with Gasteiger partial charge in [0.25, 0.3) is 0 Å². The van der Waals surface area contributed by atoms with Crippen LogP contribution < -0.4 is 10.5 Å². The van der Waals surface area contributed by atoms with Crippen LogP contribution in [0, 0.1) is 5.92 Å². The fourth-order valence-electron chi connectivity index (χ4n) is 1.90. The second kappa shape index (κ2) is 6.64. The van der Waals surface area contributed by atoms with Gasteiger partial charge in [0.1, 0.15) is 10.6 Å². The summed E-state index contributed by atoms with van der Waals surface area (Å²) < 4.78 is 36.6. The molecule has 0 aliphatic heterocycles. The zero-order valence-corrected chi connectivity index (χ0v) is 13.2. The number of sulfonamides is 1. The van der Waals surface area contributed by atoms with Crippen LogP contribution in [-0.2, 0) is 14.8 Å². The summed E-state index contributed by atoms with van der Waals surface area (Å²) in [5.41, 5.74) is 5.99. The van der Waals surface area contributed by atoms with Crippen LogP contribution in [0.15, 0.2) is 23.1 Å². The Hall–Kier alpha value is -1.31. The largest absolute Gasteiger partial charge is 0.497 e. The van der Waals surface area contributed by atoms with Gasteiger partial charge in [-0.1, -0.05) is 0 Å². The molecule has 0 bridgehead atoms. The van der Waals surface area contributed by atoms with Crippen LogP contribution in [-0.4, -0.2) is 46.6 Å². The van der Waals surface area contributed by atoms with Crippen LogP contribution in [0.25, 0.3) is 0 Å². The van der Waals surface area contributed by atoms with Gasteiger partial charge in [-0.15, -0.1) is 0 Å². The summed E-state index contributed by atoms with van der Waals surface area (Å²) in [4.78, 5) is 0.0907. The lowest BCUT2D eigenvalue weighted by Gasteiger charge is -2.18. The third-order valence-electron chi connectivity index (χ3n) is 3.51.